The van der Waals surface area contributed by atoms with E-state index >= 15 is 0 Å². The van der Waals surface area contributed by atoms with Crippen molar-refractivity contribution >= 4 is 11.7 Å². The SMILES string of the molecule is CNC(=CC(=O)O)c1ccccc1. The molecule has 1 aromatic rings. The highest BCUT2D eigenvalue weighted by Gasteiger charge is 1.99. The molecule has 0 saturated carbocycles. The molecule has 1 rings (SSSR count). The predicted molar refractivity (Wildman–Crippen MR) is 51.1 cm³/mol. The van der Waals surface area contributed by atoms with E-state index in [0.717, 1.165) is 11.6 Å². The molecule has 68 valence electrons. The number of nitrogens with one attached hydrogen (secondary N) is 1. The topological polar surface area (TPSA) is 49.3 Å². The zero-order chi connectivity index (χ0) is 9.68. The second-order valence-corrected chi connectivity index (χ2v) is 2.51. The normalized spacial score (nSPS) is 11.0. The lowest BCUT2D eigenvalue weighted by Crippen LogP contribution is -2.06. The van der Waals surface area contributed by atoms with Crippen molar-refractivity contribution in [2.75, 3.05) is 7.05 Å². The summed E-state index contributed by atoms with van der Waals surface area (Å²) < 4.78 is 0. The highest BCUT2D eigenvalue weighted by molar-refractivity contribution is 5.89. The molecule has 3 nitrogen and oxygen atoms in total. The van der Waals surface area contributed by atoms with Crippen LogP contribution in [0.5, 0.6) is 0 Å². The van der Waals surface area contributed by atoms with E-state index in [4.69, 9.17) is 5.11 Å². The van der Waals surface area contributed by atoms with Gasteiger partial charge in [-0.3, -0.25) is 0 Å². The first kappa shape index (κ1) is 9.32. The van der Waals surface area contributed by atoms with Crippen molar-refractivity contribution in [2.45, 2.75) is 0 Å². The molecule has 0 spiro atoms. The summed E-state index contributed by atoms with van der Waals surface area (Å²) >= 11 is 0. The van der Waals surface area contributed by atoms with E-state index in [1.807, 2.05) is 30.3 Å². The first-order valence-electron chi connectivity index (χ1n) is 3.92. The minimum Gasteiger partial charge on any atom is -0.478 e. The molecular formula is C10H11NO2. The predicted octanol–water partition coefficient (Wildman–Crippen LogP) is 1.33. The average molecular weight is 177 g/mol. The van der Waals surface area contributed by atoms with Gasteiger partial charge in [0.15, 0.2) is 0 Å². The quantitative estimate of drug-likeness (QED) is 0.685. The van der Waals surface area contributed by atoms with Crippen LogP contribution in [-0.2, 0) is 4.79 Å². The van der Waals surface area contributed by atoms with Crippen LogP contribution in [0.15, 0.2) is 36.4 Å². The van der Waals surface area contributed by atoms with Crippen molar-refractivity contribution in [3.8, 4) is 0 Å². The lowest BCUT2D eigenvalue weighted by molar-refractivity contribution is -0.131. The Morgan fingerprint density at radius 3 is 2.46 bits per heavy atom. The van der Waals surface area contributed by atoms with Crippen LogP contribution >= 0.6 is 0 Å². The van der Waals surface area contributed by atoms with Crippen LogP contribution < -0.4 is 5.32 Å². The number of hydrogen-bond acceptors (Lipinski definition) is 2. The number of carboxylic acids is 1. The third-order valence-electron chi connectivity index (χ3n) is 1.62. The first-order chi connectivity index (χ1) is 6.24. The van der Waals surface area contributed by atoms with Gasteiger partial charge in [0.05, 0.1) is 0 Å². The van der Waals surface area contributed by atoms with Crippen LogP contribution in [0, 0.1) is 0 Å². The number of rotatable bonds is 3. The van der Waals surface area contributed by atoms with Gasteiger partial charge < -0.3 is 10.4 Å². The first-order valence-corrected chi connectivity index (χ1v) is 3.92. The third kappa shape index (κ3) is 2.63. The molecule has 0 amide bonds. The zero-order valence-corrected chi connectivity index (χ0v) is 7.32. The Hall–Kier alpha value is -1.77. The Morgan fingerprint density at radius 1 is 1.38 bits per heavy atom. The second kappa shape index (κ2) is 4.30. The molecule has 0 aliphatic carbocycles. The Kier molecular flexibility index (Phi) is 3.09. The number of carboxylic acid groups (broad SMARTS) is 1. The minimum absolute atomic E-state index is 0.605. The van der Waals surface area contributed by atoms with Crippen LogP contribution in [0.1, 0.15) is 5.56 Å². The van der Waals surface area contributed by atoms with Gasteiger partial charge in [0, 0.05) is 18.8 Å². The van der Waals surface area contributed by atoms with Gasteiger partial charge in [0.1, 0.15) is 0 Å². The molecule has 0 unspecified atom stereocenters. The van der Waals surface area contributed by atoms with Gasteiger partial charge >= 0.3 is 5.97 Å². The van der Waals surface area contributed by atoms with Gasteiger partial charge in [-0.2, -0.15) is 0 Å². The van der Waals surface area contributed by atoms with Crippen molar-refractivity contribution in [3.05, 3.63) is 42.0 Å². The minimum atomic E-state index is -0.951. The summed E-state index contributed by atoms with van der Waals surface area (Å²) in [6.45, 7) is 0. The van der Waals surface area contributed by atoms with Crippen molar-refractivity contribution in [2.24, 2.45) is 0 Å². The van der Waals surface area contributed by atoms with Gasteiger partial charge in [-0.05, 0) is 5.56 Å². The van der Waals surface area contributed by atoms with Crippen LogP contribution in [0.25, 0.3) is 5.70 Å². The number of aliphatic carboxylic acids is 1. The van der Waals surface area contributed by atoms with Crippen LogP contribution in [-0.4, -0.2) is 18.1 Å². The lowest BCUT2D eigenvalue weighted by Gasteiger charge is -2.04. The molecule has 3 heteroatoms. The molecule has 0 bridgehead atoms. The summed E-state index contributed by atoms with van der Waals surface area (Å²) in [5, 5.41) is 11.4. The Labute approximate surface area is 76.7 Å². The standard InChI is InChI=1S/C10H11NO2/c1-11-9(7-10(12)13)8-5-3-2-4-6-8/h2-7,11H,1H3,(H,12,13). The molecule has 0 atom stereocenters. The largest absolute Gasteiger partial charge is 0.478 e. The summed E-state index contributed by atoms with van der Waals surface area (Å²) in [5.41, 5.74) is 1.47. The van der Waals surface area contributed by atoms with Gasteiger partial charge in [-0.15, -0.1) is 0 Å². The molecule has 0 saturated heterocycles. The summed E-state index contributed by atoms with van der Waals surface area (Å²) in [6.07, 6.45) is 1.15. The summed E-state index contributed by atoms with van der Waals surface area (Å²) in [7, 11) is 1.70. The van der Waals surface area contributed by atoms with Crippen LogP contribution in [0.3, 0.4) is 0 Å². The lowest BCUT2D eigenvalue weighted by atomic mass is 10.1. The van der Waals surface area contributed by atoms with E-state index in [1.165, 1.54) is 0 Å². The molecule has 0 aromatic heterocycles. The van der Waals surface area contributed by atoms with Crippen LogP contribution in [0.4, 0.5) is 0 Å². The summed E-state index contributed by atoms with van der Waals surface area (Å²) in [5.74, 6) is -0.951. The number of carbonyl (C=O) groups is 1. The maximum atomic E-state index is 10.4. The molecule has 13 heavy (non-hydrogen) atoms. The maximum absolute atomic E-state index is 10.4. The molecule has 2 N–H and O–H groups in total. The van der Waals surface area contributed by atoms with Gasteiger partial charge in [0.2, 0.25) is 0 Å². The van der Waals surface area contributed by atoms with E-state index in [1.54, 1.807) is 7.05 Å². The Morgan fingerprint density at radius 2 is 2.00 bits per heavy atom. The van der Waals surface area contributed by atoms with Crippen LogP contribution in [0.2, 0.25) is 0 Å². The molecule has 1 aromatic carbocycles. The summed E-state index contributed by atoms with van der Waals surface area (Å²) in [4.78, 5) is 10.4. The van der Waals surface area contributed by atoms with Gasteiger partial charge in [0.25, 0.3) is 0 Å². The van der Waals surface area contributed by atoms with Crippen molar-refractivity contribution in [1.29, 1.82) is 0 Å². The zero-order valence-electron chi connectivity index (χ0n) is 7.32. The maximum Gasteiger partial charge on any atom is 0.330 e. The van der Waals surface area contributed by atoms with E-state index in [-0.39, 0.29) is 0 Å². The third-order valence-corrected chi connectivity index (χ3v) is 1.62. The molecule has 0 fully saturated rings. The monoisotopic (exact) mass is 177 g/mol. The Bertz CT molecular complexity index is 317. The molecule has 0 heterocycles. The fourth-order valence-corrected chi connectivity index (χ4v) is 1.04. The smallest absolute Gasteiger partial charge is 0.330 e. The Balaban J connectivity index is 2.98. The van der Waals surface area contributed by atoms with Crippen molar-refractivity contribution in [3.63, 3.8) is 0 Å². The molecular weight excluding hydrogens is 166 g/mol. The highest BCUT2D eigenvalue weighted by atomic mass is 16.4. The molecule has 0 radical (unpaired) electrons. The van der Waals surface area contributed by atoms with E-state index < -0.39 is 5.97 Å². The van der Waals surface area contributed by atoms with Gasteiger partial charge in [-0.25, -0.2) is 4.79 Å². The number of benzene rings is 1. The average Bonchev–Trinajstić information content (AvgIpc) is 2.15. The summed E-state index contributed by atoms with van der Waals surface area (Å²) in [6, 6.07) is 9.32. The van der Waals surface area contributed by atoms with E-state index in [9.17, 15) is 4.79 Å². The fourth-order valence-electron chi connectivity index (χ4n) is 1.04. The highest BCUT2D eigenvalue weighted by Crippen LogP contribution is 2.09. The second-order valence-electron chi connectivity index (χ2n) is 2.51. The van der Waals surface area contributed by atoms with E-state index in [0.29, 0.717) is 5.70 Å². The number of hydrogen-bond donors (Lipinski definition) is 2. The molecule has 0 aliphatic rings. The van der Waals surface area contributed by atoms with E-state index in [2.05, 4.69) is 5.32 Å². The molecule has 0 aliphatic heterocycles. The van der Waals surface area contributed by atoms with Crippen molar-refractivity contribution < 1.29 is 9.90 Å². The fraction of sp³-hybridized carbons (Fsp3) is 0.100. The van der Waals surface area contributed by atoms with Gasteiger partial charge in [-0.1, -0.05) is 30.3 Å². The van der Waals surface area contributed by atoms with Crippen molar-refractivity contribution in [1.82, 2.24) is 5.32 Å².